The van der Waals surface area contributed by atoms with Crippen molar-refractivity contribution in [2.75, 3.05) is 13.1 Å². The number of hydrogen-bond acceptors (Lipinski definition) is 2. The lowest BCUT2D eigenvalue weighted by Gasteiger charge is -2.36. The first kappa shape index (κ1) is 13.9. The van der Waals surface area contributed by atoms with Crippen LogP contribution in [-0.4, -0.2) is 36.1 Å². The molecule has 0 amide bonds. The topological polar surface area (TPSA) is 15.3 Å². The van der Waals surface area contributed by atoms with Crippen LogP contribution in [0.1, 0.15) is 71.1 Å². The van der Waals surface area contributed by atoms with Crippen molar-refractivity contribution in [1.82, 2.24) is 10.2 Å². The molecule has 110 valence electrons. The maximum absolute atomic E-state index is 3.85. The fourth-order valence-electron chi connectivity index (χ4n) is 4.75. The van der Waals surface area contributed by atoms with Gasteiger partial charge in [-0.2, -0.15) is 0 Å². The first-order valence-corrected chi connectivity index (χ1v) is 8.84. The Morgan fingerprint density at radius 3 is 2.53 bits per heavy atom. The third-order valence-electron chi connectivity index (χ3n) is 5.93. The Morgan fingerprint density at radius 2 is 1.68 bits per heavy atom. The van der Waals surface area contributed by atoms with Gasteiger partial charge in [-0.3, -0.25) is 4.90 Å². The minimum atomic E-state index is 0.745. The van der Waals surface area contributed by atoms with E-state index in [0.717, 1.165) is 24.0 Å². The van der Waals surface area contributed by atoms with E-state index in [0.29, 0.717) is 0 Å². The Balaban J connectivity index is 1.45. The average molecular weight is 264 g/mol. The van der Waals surface area contributed by atoms with E-state index in [4.69, 9.17) is 0 Å². The molecule has 0 aromatic heterocycles. The molecule has 3 rings (SSSR count). The highest BCUT2D eigenvalue weighted by molar-refractivity contribution is 4.92. The minimum absolute atomic E-state index is 0.745. The zero-order valence-corrected chi connectivity index (χ0v) is 12.7. The van der Waals surface area contributed by atoms with Crippen LogP contribution in [0.4, 0.5) is 0 Å². The molecule has 2 aliphatic carbocycles. The fourth-order valence-corrected chi connectivity index (χ4v) is 4.75. The number of hydrogen-bond donors (Lipinski definition) is 1. The summed E-state index contributed by atoms with van der Waals surface area (Å²) < 4.78 is 0. The number of nitrogens with zero attached hydrogens (tertiary/aromatic N) is 1. The summed E-state index contributed by atoms with van der Waals surface area (Å²) in [7, 11) is 0. The molecule has 0 bridgehead atoms. The predicted octanol–water partition coefficient (Wildman–Crippen LogP) is 3.56. The van der Waals surface area contributed by atoms with E-state index in [-0.39, 0.29) is 0 Å². The number of likely N-dealkylation sites (tertiary alicyclic amines) is 1. The summed E-state index contributed by atoms with van der Waals surface area (Å²) in [6, 6.07) is 2.49. The van der Waals surface area contributed by atoms with Crippen molar-refractivity contribution >= 4 is 0 Å². The fraction of sp³-hybridized carbons (Fsp3) is 1.00. The number of nitrogens with one attached hydrogen (secondary N) is 1. The van der Waals surface area contributed by atoms with Crippen LogP contribution < -0.4 is 5.32 Å². The summed E-state index contributed by atoms with van der Waals surface area (Å²) in [6.45, 7) is 5.03. The van der Waals surface area contributed by atoms with Gasteiger partial charge in [-0.15, -0.1) is 0 Å². The van der Waals surface area contributed by atoms with Crippen molar-refractivity contribution in [2.24, 2.45) is 5.92 Å². The molecular formula is C17H32N2. The van der Waals surface area contributed by atoms with Crippen LogP contribution in [0.5, 0.6) is 0 Å². The Bertz CT molecular complexity index is 272. The molecule has 0 spiro atoms. The van der Waals surface area contributed by atoms with Gasteiger partial charge in [-0.1, -0.05) is 32.1 Å². The highest BCUT2D eigenvalue weighted by atomic mass is 15.2. The highest BCUT2D eigenvalue weighted by Gasteiger charge is 2.37. The van der Waals surface area contributed by atoms with Crippen LogP contribution in [0.15, 0.2) is 0 Å². The summed E-state index contributed by atoms with van der Waals surface area (Å²) in [4.78, 5) is 2.83. The normalized spacial score (nSPS) is 35.2. The van der Waals surface area contributed by atoms with Gasteiger partial charge in [0.1, 0.15) is 0 Å². The predicted molar refractivity (Wildman–Crippen MR) is 81.4 cm³/mol. The molecule has 2 saturated carbocycles. The molecular weight excluding hydrogens is 232 g/mol. The first-order chi connectivity index (χ1) is 9.34. The van der Waals surface area contributed by atoms with Gasteiger partial charge in [-0.05, 0) is 51.5 Å². The molecule has 1 heterocycles. The van der Waals surface area contributed by atoms with Crippen molar-refractivity contribution in [3.63, 3.8) is 0 Å². The van der Waals surface area contributed by atoms with E-state index in [1.54, 1.807) is 0 Å². The summed E-state index contributed by atoms with van der Waals surface area (Å²) in [5, 5.41) is 3.85. The lowest BCUT2D eigenvalue weighted by atomic mass is 9.85. The Labute approximate surface area is 119 Å². The Morgan fingerprint density at radius 1 is 0.947 bits per heavy atom. The lowest BCUT2D eigenvalue weighted by Crippen LogP contribution is -2.47. The zero-order chi connectivity index (χ0) is 13.1. The largest absolute Gasteiger partial charge is 0.312 e. The van der Waals surface area contributed by atoms with E-state index >= 15 is 0 Å². The maximum Gasteiger partial charge on any atom is 0.0195 e. The van der Waals surface area contributed by atoms with Crippen LogP contribution in [0.25, 0.3) is 0 Å². The molecule has 2 heteroatoms. The number of fused-ring (bicyclic) bond motifs is 1. The van der Waals surface area contributed by atoms with Crippen molar-refractivity contribution < 1.29 is 0 Å². The molecule has 0 aromatic rings. The van der Waals surface area contributed by atoms with Crippen LogP contribution in [0.3, 0.4) is 0 Å². The highest BCUT2D eigenvalue weighted by Crippen LogP contribution is 2.37. The second-order valence-corrected chi connectivity index (χ2v) is 7.23. The second-order valence-electron chi connectivity index (χ2n) is 7.23. The van der Waals surface area contributed by atoms with Crippen LogP contribution >= 0.6 is 0 Å². The molecule has 1 aliphatic heterocycles. The molecule has 2 nitrogen and oxygen atoms in total. The van der Waals surface area contributed by atoms with Crippen LogP contribution in [0.2, 0.25) is 0 Å². The molecule has 19 heavy (non-hydrogen) atoms. The minimum Gasteiger partial charge on any atom is -0.312 e. The van der Waals surface area contributed by atoms with Crippen molar-refractivity contribution in [2.45, 2.75) is 89.3 Å². The van der Waals surface area contributed by atoms with Gasteiger partial charge < -0.3 is 5.32 Å². The van der Waals surface area contributed by atoms with Gasteiger partial charge in [0.2, 0.25) is 0 Å². The van der Waals surface area contributed by atoms with Crippen molar-refractivity contribution in [3.05, 3.63) is 0 Å². The quantitative estimate of drug-likeness (QED) is 0.835. The van der Waals surface area contributed by atoms with Crippen LogP contribution in [-0.2, 0) is 0 Å². The zero-order valence-electron chi connectivity index (χ0n) is 12.7. The third-order valence-corrected chi connectivity index (χ3v) is 5.93. The van der Waals surface area contributed by atoms with E-state index in [2.05, 4.69) is 17.1 Å². The average Bonchev–Trinajstić information content (AvgIpc) is 2.90. The molecule has 3 fully saturated rings. The van der Waals surface area contributed by atoms with Gasteiger partial charge in [0.25, 0.3) is 0 Å². The van der Waals surface area contributed by atoms with Gasteiger partial charge in [0, 0.05) is 24.7 Å². The molecule has 0 aromatic carbocycles. The SMILES string of the molecule is CC(CNC1CCCCC1)N1CCC2CCCCC21. The van der Waals surface area contributed by atoms with Crippen LogP contribution in [0, 0.1) is 5.92 Å². The summed E-state index contributed by atoms with van der Waals surface area (Å²) in [5.41, 5.74) is 0. The van der Waals surface area contributed by atoms with E-state index in [9.17, 15) is 0 Å². The third kappa shape index (κ3) is 3.33. The van der Waals surface area contributed by atoms with Gasteiger partial charge in [0.05, 0.1) is 0 Å². The molecule has 1 saturated heterocycles. The maximum atomic E-state index is 3.85. The Hall–Kier alpha value is -0.0800. The van der Waals surface area contributed by atoms with Gasteiger partial charge >= 0.3 is 0 Å². The molecule has 0 radical (unpaired) electrons. The summed E-state index contributed by atoms with van der Waals surface area (Å²) in [6.07, 6.45) is 14.6. The molecule has 3 unspecified atom stereocenters. The summed E-state index contributed by atoms with van der Waals surface area (Å²) >= 11 is 0. The van der Waals surface area contributed by atoms with Crippen molar-refractivity contribution in [1.29, 1.82) is 0 Å². The smallest absolute Gasteiger partial charge is 0.0195 e. The monoisotopic (exact) mass is 264 g/mol. The molecule has 1 N–H and O–H groups in total. The first-order valence-electron chi connectivity index (χ1n) is 8.84. The standard InChI is InChI=1S/C17H32N2/c1-14(13-18-16-8-3-2-4-9-16)19-12-11-15-7-5-6-10-17(15)19/h14-18H,2-13H2,1H3. The molecule has 3 atom stereocenters. The van der Waals surface area contributed by atoms with Gasteiger partial charge in [-0.25, -0.2) is 0 Å². The Kier molecular flexibility index (Phi) is 4.81. The van der Waals surface area contributed by atoms with E-state index in [1.807, 2.05) is 0 Å². The van der Waals surface area contributed by atoms with Gasteiger partial charge in [0.15, 0.2) is 0 Å². The van der Waals surface area contributed by atoms with Crippen molar-refractivity contribution in [3.8, 4) is 0 Å². The lowest BCUT2D eigenvalue weighted by molar-refractivity contribution is 0.135. The second kappa shape index (κ2) is 6.58. The molecule has 3 aliphatic rings. The number of rotatable bonds is 4. The van der Waals surface area contributed by atoms with E-state index in [1.165, 1.54) is 77.3 Å². The van der Waals surface area contributed by atoms with E-state index < -0.39 is 0 Å². The summed E-state index contributed by atoms with van der Waals surface area (Å²) in [5.74, 6) is 1.03.